The van der Waals surface area contributed by atoms with Gasteiger partial charge in [-0.3, -0.25) is 4.57 Å². The van der Waals surface area contributed by atoms with Crippen LogP contribution in [0, 0.1) is 0 Å². The number of fused-ring (bicyclic) bond motifs is 2. The molecule has 204 valence electrons. The maximum absolute atomic E-state index is 14.1. The summed E-state index contributed by atoms with van der Waals surface area (Å²) in [6.07, 6.45) is 3.82. The molecule has 12 heteroatoms. The molecule has 0 N–H and O–H groups in total. The van der Waals surface area contributed by atoms with Crippen LogP contribution in [0.2, 0.25) is 0 Å². The second kappa shape index (κ2) is 10.6. The second-order valence-corrected chi connectivity index (χ2v) is 12.6. The molecule has 0 amide bonds. The molecule has 2 saturated heterocycles. The Kier molecular flexibility index (Phi) is 7.11. The van der Waals surface area contributed by atoms with Crippen LogP contribution in [0.4, 0.5) is 0 Å². The van der Waals surface area contributed by atoms with Gasteiger partial charge in [-0.2, -0.15) is 0 Å². The number of para-hydroxylation sites is 2. The van der Waals surface area contributed by atoms with E-state index in [-0.39, 0.29) is 6.16 Å². The van der Waals surface area contributed by atoms with Crippen LogP contribution in [0.25, 0.3) is 11.2 Å². The summed E-state index contributed by atoms with van der Waals surface area (Å²) in [5.41, 5.74) is 1.35. The average Bonchev–Trinajstić information content (AvgIpc) is 3.59. The van der Waals surface area contributed by atoms with Crippen molar-refractivity contribution in [1.82, 2.24) is 19.5 Å². The van der Waals surface area contributed by atoms with E-state index in [0.29, 0.717) is 29.1 Å². The minimum Gasteiger partial charge on any atom is -0.416 e. The molecule has 0 spiro atoms. The highest BCUT2D eigenvalue weighted by Crippen LogP contribution is 2.51. The van der Waals surface area contributed by atoms with Gasteiger partial charge in [0.15, 0.2) is 17.7 Å². The van der Waals surface area contributed by atoms with Crippen LogP contribution in [0.5, 0.6) is 11.5 Å². The maximum Gasteiger partial charge on any atom is 0.430 e. The first-order chi connectivity index (χ1) is 18.8. The molecule has 0 radical (unpaired) electrons. The van der Waals surface area contributed by atoms with Crippen molar-refractivity contribution in [2.45, 2.75) is 55.6 Å². The van der Waals surface area contributed by atoms with Crippen molar-refractivity contribution in [3.63, 3.8) is 0 Å². The molecule has 2 fully saturated rings. The number of hydrogen-bond acceptors (Lipinski definition) is 10. The van der Waals surface area contributed by atoms with Gasteiger partial charge in [-0.25, -0.2) is 19.5 Å². The first-order valence-corrected chi connectivity index (χ1v) is 15.6. The summed E-state index contributed by atoms with van der Waals surface area (Å²) in [5.74, 6) is 0.127. The lowest BCUT2D eigenvalue weighted by Crippen LogP contribution is -2.30. The Morgan fingerprint density at radius 3 is 2.23 bits per heavy atom. The molecular weight excluding hydrogens is 539 g/mol. The van der Waals surface area contributed by atoms with Crippen LogP contribution < -0.4 is 9.05 Å². The predicted octanol–water partition coefficient (Wildman–Crippen LogP) is 5.71. The van der Waals surface area contributed by atoms with E-state index in [4.69, 9.17) is 23.3 Å². The van der Waals surface area contributed by atoms with Gasteiger partial charge < -0.3 is 23.3 Å². The van der Waals surface area contributed by atoms with Gasteiger partial charge in [0.2, 0.25) is 0 Å². The van der Waals surface area contributed by atoms with Gasteiger partial charge in [0.1, 0.15) is 40.6 Å². The van der Waals surface area contributed by atoms with Gasteiger partial charge in [0.05, 0.1) is 18.6 Å². The van der Waals surface area contributed by atoms with E-state index in [0.717, 1.165) is 5.03 Å². The summed E-state index contributed by atoms with van der Waals surface area (Å²) in [5, 5.41) is 0.783. The summed E-state index contributed by atoms with van der Waals surface area (Å²) < 4.78 is 47.0. The zero-order valence-corrected chi connectivity index (χ0v) is 23.5. The van der Waals surface area contributed by atoms with Crippen molar-refractivity contribution in [1.29, 1.82) is 0 Å². The van der Waals surface area contributed by atoms with E-state index < -0.39 is 37.9 Å². The largest absolute Gasteiger partial charge is 0.430 e. The van der Waals surface area contributed by atoms with Crippen LogP contribution in [0.15, 0.2) is 78.3 Å². The number of ether oxygens (including phenoxy) is 3. The van der Waals surface area contributed by atoms with Gasteiger partial charge in [-0.1, -0.05) is 36.4 Å². The minimum atomic E-state index is -3.63. The smallest absolute Gasteiger partial charge is 0.416 e. The molecule has 0 aliphatic carbocycles. The number of rotatable bonds is 9. The lowest BCUT2D eigenvalue weighted by atomic mass is 10.1. The minimum absolute atomic E-state index is 0.102. The van der Waals surface area contributed by atoms with E-state index in [1.165, 1.54) is 18.1 Å². The summed E-state index contributed by atoms with van der Waals surface area (Å²) in [7, 11) is -3.63. The molecule has 2 aliphatic rings. The summed E-state index contributed by atoms with van der Waals surface area (Å²) in [4.78, 5) is 13.3. The molecule has 0 saturated carbocycles. The Labute approximate surface area is 230 Å². The monoisotopic (exact) mass is 568 g/mol. The van der Waals surface area contributed by atoms with Crippen LogP contribution in [-0.4, -0.2) is 56.0 Å². The van der Waals surface area contributed by atoms with E-state index in [2.05, 4.69) is 15.0 Å². The van der Waals surface area contributed by atoms with E-state index in [1.807, 2.05) is 61.1 Å². The molecule has 0 unspecified atom stereocenters. The maximum atomic E-state index is 14.1. The topological polar surface area (TPSA) is 107 Å². The van der Waals surface area contributed by atoms with Crippen molar-refractivity contribution < 1.29 is 27.8 Å². The molecule has 6 rings (SSSR count). The fourth-order valence-electron chi connectivity index (χ4n) is 4.96. The van der Waals surface area contributed by atoms with Crippen molar-refractivity contribution in [2.24, 2.45) is 0 Å². The number of nitrogens with zero attached hydrogens (tertiary/aromatic N) is 4. The third-order valence-corrected chi connectivity index (χ3v) is 9.05. The number of hydrogen-bond donors (Lipinski definition) is 0. The number of benzene rings is 2. The number of imidazole rings is 1. The van der Waals surface area contributed by atoms with Crippen LogP contribution in [0.1, 0.15) is 26.5 Å². The fourth-order valence-corrected chi connectivity index (χ4v) is 7.13. The standard InChI is InChI=1S/C27H29N4O6PS/c1-27(2)34-22-20(33-26(23(22)35-27)31-17-30-21-24(31)28-16-29-25(21)39-3)14-15-38(32,36-18-10-6-4-7-11-18)37-19-12-8-5-9-13-19/h4-13,16-17,20,22-23,26H,14-15H2,1-3H3/t20-,22-,23-,26-/m1/s1. The highest BCUT2D eigenvalue weighted by atomic mass is 32.2. The Balaban J connectivity index is 1.27. The molecule has 4 aromatic rings. The molecule has 10 nitrogen and oxygen atoms in total. The normalized spacial score (nSPS) is 24.1. The Morgan fingerprint density at radius 2 is 1.59 bits per heavy atom. The summed E-state index contributed by atoms with van der Waals surface area (Å²) in [6.45, 7) is 3.75. The van der Waals surface area contributed by atoms with Crippen molar-refractivity contribution >= 4 is 30.5 Å². The zero-order valence-electron chi connectivity index (χ0n) is 21.7. The lowest BCUT2D eigenvalue weighted by Gasteiger charge is -2.26. The third-order valence-electron chi connectivity index (χ3n) is 6.58. The zero-order chi connectivity index (χ0) is 27.0. The molecule has 39 heavy (non-hydrogen) atoms. The molecular formula is C27H29N4O6PS. The fraction of sp³-hybridized carbons (Fsp3) is 0.370. The van der Waals surface area contributed by atoms with Crippen molar-refractivity contribution in [3.05, 3.63) is 73.3 Å². The molecule has 0 bridgehead atoms. The van der Waals surface area contributed by atoms with Crippen LogP contribution in [0.3, 0.4) is 0 Å². The highest BCUT2D eigenvalue weighted by molar-refractivity contribution is 7.98. The van der Waals surface area contributed by atoms with Gasteiger partial charge >= 0.3 is 7.60 Å². The molecule has 2 aliphatic heterocycles. The van der Waals surface area contributed by atoms with Crippen molar-refractivity contribution in [3.8, 4) is 11.5 Å². The quantitative estimate of drug-likeness (QED) is 0.142. The molecule has 4 heterocycles. The number of aromatic nitrogens is 4. The first-order valence-electron chi connectivity index (χ1n) is 12.7. The molecule has 4 atom stereocenters. The highest BCUT2D eigenvalue weighted by Gasteiger charge is 2.56. The van der Waals surface area contributed by atoms with E-state index in [9.17, 15) is 4.57 Å². The molecule has 2 aromatic carbocycles. The number of thioether (sulfide) groups is 1. The van der Waals surface area contributed by atoms with Crippen LogP contribution >= 0.6 is 19.4 Å². The van der Waals surface area contributed by atoms with Gasteiger partial charge in [0.25, 0.3) is 0 Å². The lowest BCUT2D eigenvalue weighted by molar-refractivity contribution is -0.196. The predicted molar refractivity (Wildman–Crippen MR) is 146 cm³/mol. The summed E-state index contributed by atoms with van der Waals surface area (Å²) in [6, 6.07) is 18.1. The first kappa shape index (κ1) is 26.3. The van der Waals surface area contributed by atoms with Gasteiger partial charge in [0, 0.05) is 0 Å². The van der Waals surface area contributed by atoms with E-state index >= 15 is 0 Å². The van der Waals surface area contributed by atoms with Gasteiger partial charge in [-0.05, 0) is 50.8 Å². The van der Waals surface area contributed by atoms with E-state index in [1.54, 1.807) is 30.6 Å². The van der Waals surface area contributed by atoms with Crippen LogP contribution in [-0.2, 0) is 18.8 Å². The third kappa shape index (κ3) is 5.42. The Hall–Kier alpha value is -2.95. The average molecular weight is 569 g/mol. The van der Waals surface area contributed by atoms with Gasteiger partial charge in [-0.15, -0.1) is 11.8 Å². The Bertz CT molecular complexity index is 1440. The second-order valence-electron chi connectivity index (χ2n) is 9.77. The summed E-state index contributed by atoms with van der Waals surface area (Å²) >= 11 is 1.50. The van der Waals surface area contributed by atoms with Crippen molar-refractivity contribution in [2.75, 3.05) is 12.4 Å². The Morgan fingerprint density at radius 1 is 0.949 bits per heavy atom. The SMILES string of the molecule is CSc1ncnc2c1ncn2[C@@H]1O[C@H](CCP(=O)(Oc2ccccc2)Oc2ccccc2)[C@H]2OC(C)(C)O[C@H]21. The molecule has 2 aromatic heterocycles.